The SMILES string of the molecule is O=C(Cc1ccccc1)S[C@]12CC[C@@H](O)[C@H]1C(=O)NC2=O. The van der Waals surface area contributed by atoms with Gasteiger partial charge in [-0.3, -0.25) is 19.7 Å². The zero-order valence-electron chi connectivity index (χ0n) is 11.2. The molecule has 2 aliphatic rings. The van der Waals surface area contributed by atoms with Gasteiger partial charge in [0.05, 0.1) is 12.0 Å². The fourth-order valence-electron chi connectivity index (χ4n) is 3.09. The van der Waals surface area contributed by atoms with E-state index < -0.39 is 28.6 Å². The summed E-state index contributed by atoms with van der Waals surface area (Å²) in [5.41, 5.74) is 0.867. The summed E-state index contributed by atoms with van der Waals surface area (Å²) in [5, 5.41) is 12.0. The lowest BCUT2D eigenvalue weighted by Gasteiger charge is -2.23. The molecule has 21 heavy (non-hydrogen) atoms. The van der Waals surface area contributed by atoms with E-state index in [0.717, 1.165) is 17.3 Å². The first-order valence-electron chi connectivity index (χ1n) is 6.82. The average molecular weight is 305 g/mol. The van der Waals surface area contributed by atoms with Crippen LogP contribution in [0.4, 0.5) is 0 Å². The lowest BCUT2D eigenvalue weighted by molar-refractivity contribution is -0.127. The third kappa shape index (κ3) is 2.38. The number of imide groups is 1. The Morgan fingerprint density at radius 3 is 2.76 bits per heavy atom. The van der Waals surface area contributed by atoms with Gasteiger partial charge in [-0.1, -0.05) is 42.1 Å². The quantitative estimate of drug-likeness (QED) is 0.801. The summed E-state index contributed by atoms with van der Waals surface area (Å²) >= 11 is 0.904. The van der Waals surface area contributed by atoms with E-state index in [0.29, 0.717) is 12.8 Å². The summed E-state index contributed by atoms with van der Waals surface area (Å²) in [4.78, 5) is 36.2. The smallest absolute Gasteiger partial charge is 0.244 e. The van der Waals surface area contributed by atoms with Gasteiger partial charge < -0.3 is 5.11 Å². The second-order valence-corrected chi connectivity index (χ2v) is 6.82. The first kappa shape index (κ1) is 14.3. The number of nitrogens with one attached hydrogen (secondary N) is 1. The Bertz CT molecular complexity index is 603. The molecule has 1 aliphatic heterocycles. The third-order valence-corrected chi connectivity index (χ3v) is 5.47. The van der Waals surface area contributed by atoms with Crippen LogP contribution in [0.1, 0.15) is 18.4 Å². The van der Waals surface area contributed by atoms with Crippen LogP contribution in [-0.2, 0) is 20.8 Å². The van der Waals surface area contributed by atoms with Crippen molar-refractivity contribution in [3.63, 3.8) is 0 Å². The van der Waals surface area contributed by atoms with Crippen LogP contribution in [0.5, 0.6) is 0 Å². The molecular formula is C15H15NO4S. The molecule has 2 amide bonds. The number of fused-ring (bicyclic) bond motifs is 1. The molecule has 1 aromatic carbocycles. The van der Waals surface area contributed by atoms with Crippen LogP contribution >= 0.6 is 11.8 Å². The number of aliphatic hydroxyl groups is 1. The van der Waals surface area contributed by atoms with Crippen molar-refractivity contribution in [3.05, 3.63) is 35.9 Å². The van der Waals surface area contributed by atoms with Crippen molar-refractivity contribution in [1.29, 1.82) is 0 Å². The Balaban J connectivity index is 1.78. The highest BCUT2D eigenvalue weighted by atomic mass is 32.2. The summed E-state index contributed by atoms with van der Waals surface area (Å²) < 4.78 is -1.12. The molecule has 5 nitrogen and oxygen atoms in total. The van der Waals surface area contributed by atoms with E-state index >= 15 is 0 Å². The van der Waals surface area contributed by atoms with Crippen molar-refractivity contribution < 1.29 is 19.5 Å². The summed E-state index contributed by atoms with van der Waals surface area (Å²) in [7, 11) is 0. The standard InChI is InChI=1S/C15H15NO4S/c17-10-6-7-15(12(10)13(19)16-14(15)20)21-11(18)8-9-4-2-1-3-5-9/h1-5,10,12,17H,6-8H2,(H,16,19,20)/t10-,12+,15-/m1/s1. The number of amides is 2. The van der Waals surface area contributed by atoms with E-state index in [1.54, 1.807) is 0 Å². The van der Waals surface area contributed by atoms with E-state index in [-0.39, 0.29) is 11.5 Å². The fourth-order valence-corrected chi connectivity index (χ4v) is 4.49. The predicted molar refractivity (Wildman–Crippen MR) is 77.4 cm³/mol. The molecule has 2 N–H and O–H groups in total. The van der Waals surface area contributed by atoms with Gasteiger partial charge in [0.1, 0.15) is 4.75 Å². The molecule has 3 rings (SSSR count). The normalized spacial score (nSPS) is 31.1. The van der Waals surface area contributed by atoms with E-state index in [9.17, 15) is 19.5 Å². The maximum absolute atomic E-state index is 12.3. The van der Waals surface area contributed by atoms with Gasteiger partial charge in [0.2, 0.25) is 11.8 Å². The van der Waals surface area contributed by atoms with Crippen LogP contribution in [0.2, 0.25) is 0 Å². The molecule has 0 aromatic heterocycles. The number of hydrogen-bond donors (Lipinski definition) is 2. The first-order chi connectivity index (χ1) is 10.0. The van der Waals surface area contributed by atoms with Crippen molar-refractivity contribution in [1.82, 2.24) is 5.32 Å². The second kappa shape index (κ2) is 5.27. The van der Waals surface area contributed by atoms with E-state index in [1.807, 2.05) is 30.3 Å². The molecule has 1 saturated carbocycles. The molecule has 1 saturated heterocycles. The van der Waals surface area contributed by atoms with Crippen LogP contribution in [0.3, 0.4) is 0 Å². The maximum Gasteiger partial charge on any atom is 0.244 e. The zero-order valence-corrected chi connectivity index (χ0v) is 12.1. The largest absolute Gasteiger partial charge is 0.392 e. The minimum atomic E-state index is -1.12. The van der Waals surface area contributed by atoms with Crippen LogP contribution in [-0.4, -0.2) is 32.9 Å². The minimum Gasteiger partial charge on any atom is -0.392 e. The van der Waals surface area contributed by atoms with Gasteiger partial charge in [0.25, 0.3) is 0 Å². The van der Waals surface area contributed by atoms with Gasteiger partial charge in [-0.25, -0.2) is 0 Å². The number of benzene rings is 1. The summed E-state index contributed by atoms with van der Waals surface area (Å²) in [6, 6.07) is 9.25. The van der Waals surface area contributed by atoms with E-state index in [4.69, 9.17) is 0 Å². The van der Waals surface area contributed by atoms with Gasteiger partial charge >= 0.3 is 0 Å². The fraction of sp³-hybridized carbons (Fsp3) is 0.400. The topological polar surface area (TPSA) is 83.5 Å². The molecule has 110 valence electrons. The monoisotopic (exact) mass is 305 g/mol. The number of carbonyl (C=O) groups excluding carboxylic acids is 3. The van der Waals surface area contributed by atoms with Crippen molar-refractivity contribution in [2.45, 2.75) is 30.1 Å². The molecule has 1 aromatic rings. The van der Waals surface area contributed by atoms with Crippen molar-refractivity contribution in [2.24, 2.45) is 5.92 Å². The number of aliphatic hydroxyl groups excluding tert-OH is 1. The molecule has 1 heterocycles. The van der Waals surface area contributed by atoms with Gasteiger partial charge in [-0.15, -0.1) is 0 Å². The van der Waals surface area contributed by atoms with Crippen LogP contribution in [0.25, 0.3) is 0 Å². The van der Waals surface area contributed by atoms with Crippen LogP contribution in [0.15, 0.2) is 30.3 Å². The van der Waals surface area contributed by atoms with Crippen molar-refractivity contribution in [3.8, 4) is 0 Å². The summed E-state index contributed by atoms with van der Waals surface area (Å²) in [5.74, 6) is -1.72. The van der Waals surface area contributed by atoms with Gasteiger partial charge in [0.15, 0.2) is 5.12 Å². The lowest BCUT2D eigenvalue weighted by Crippen LogP contribution is -2.39. The second-order valence-electron chi connectivity index (χ2n) is 5.43. The highest BCUT2D eigenvalue weighted by Crippen LogP contribution is 2.49. The predicted octanol–water partition coefficient (Wildman–Crippen LogP) is 0.655. The number of hydrogen-bond acceptors (Lipinski definition) is 5. The molecular weight excluding hydrogens is 290 g/mol. The number of rotatable bonds is 3. The Hall–Kier alpha value is -1.66. The zero-order chi connectivity index (χ0) is 15.0. The maximum atomic E-state index is 12.3. The molecule has 0 bridgehead atoms. The van der Waals surface area contributed by atoms with Gasteiger partial charge in [-0.2, -0.15) is 0 Å². The molecule has 2 fully saturated rings. The first-order valence-corrected chi connectivity index (χ1v) is 7.64. The van der Waals surface area contributed by atoms with Crippen molar-refractivity contribution in [2.75, 3.05) is 0 Å². The van der Waals surface area contributed by atoms with Crippen LogP contribution in [0, 0.1) is 5.92 Å². The minimum absolute atomic E-state index is 0.162. The Morgan fingerprint density at radius 1 is 1.33 bits per heavy atom. The average Bonchev–Trinajstić information content (AvgIpc) is 2.89. The van der Waals surface area contributed by atoms with Crippen LogP contribution < -0.4 is 5.32 Å². The number of thioether (sulfide) groups is 1. The highest BCUT2D eigenvalue weighted by Gasteiger charge is 2.62. The van der Waals surface area contributed by atoms with Gasteiger partial charge in [-0.05, 0) is 18.4 Å². The highest BCUT2D eigenvalue weighted by molar-refractivity contribution is 8.15. The Labute approximate surface area is 126 Å². The molecule has 0 unspecified atom stereocenters. The van der Waals surface area contributed by atoms with E-state index in [2.05, 4.69) is 5.32 Å². The molecule has 0 radical (unpaired) electrons. The molecule has 6 heteroatoms. The van der Waals surface area contributed by atoms with Gasteiger partial charge in [0, 0.05) is 6.42 Å². The third-order valence-electron chi connectivity index (χ3n) is 4.09. The van der Waals surface area contributed by atoms with E-state index in [1.165, 1.54) is 0 Å². The summed E-state index contributed by atoms with van der Waals surface area (Å²) in [6.45, 7) is 0. The Kier molecular flexibility index (Phi) is 3.59. The number of carbonyl (C=O) groups is 3. The molecule has 1 aliphatic carbocycles. The van der Waals surface area contributed by atoms with Crippen molar-refractivity contribution >= 4 is 28.7 Å². The molecule has 0 spiro atoms. The summed E-state index contributed by atoms with van der Waals surface area (Å²) in [6.07, 6.45) is 0.0719. The Morgan fingerprint density at radius 2 is 2.05 bits per heavy atom. The lowest BCUT2D eigenvalue weighted by atomic mass is 9.97. The molecule has 3 atom stereocenters.